The van der Waals surface area contributed by atoms with Crippen LogP contribution in [-0.4, -0.2) is 55.5 Å². The van der Waals surface area contributed by atoms with E-state index in [2.05, 4.69) is 28.2 Å². The molecule has 5 nitrogen and oxygen atoms in total. The number of hydrogen-bond acceptors (Lipinski definition) is 4. The van der Waals surface area contributed by atoms with Crippen LogP contribution >= 0.6 is 0 Å². The number of nitrogens with one attached hydrogen (secondary N) is 1. The maximum absolute atomic E-state index is 12.0. The fraction of sp³-hybridized carbons (Fsp3) is 0.429. The van der Waals surface area contributed by atoms with Gasteiger partial charge in [-0.3, -0.25) is 9.69 Å². The van der Waals surface area contributed by atoms with Gasteiger partial charge in [0.2, 0.25) is 5.91 Å². The molecule has 1 aromatic rings. The quantitative estimate of drug-likeness (QED) is 0.869. The van der Waals surface area contributed by atoms with Crippen LogP contribution in [0.15, 0.2) is 24.3 Å². The van der Waals surface area contributed by atoms with Crippen LogP contribution in [0, 0.1) is 11.3 Å². The highest BCUT2D eigenvalue weighted by molar-refractivity contribution is 5.93. The van der Waals surface area contributed by atoms with Gasteiger partial charge in [-0.1, -0.05) is 12.1 Å². The molecule has 0 radical (unpaired) electrons. The number of nitrogens with zero attached hydrogens (tertiary/aromatic N) is 3. The highest BCUT2D eigenvalue weighted by atomic mass is 16.2. The number of amides is 1. The van der Waals surface area contributed by atoms with Gasteiger partial charge >= 0.3 is 0 Å². The average molecular weight is 258 g/mol. The highest BCUT2D eigenvalue weighted by Gasteiger charge is 2.16. The molecule has 5 heteroatoms. The summed E-state index contributed by atoms with van der Waals surface area (Å²) in [7, 11) is 2.08. The van der Waals surface area contributed by atoms with Crippen LogP contribution in [0.25, 0.3) is 0 Å². The predicted molar refractivity (Wildman–Crippen MR) is 73.7 cm³/mol. The minimum Gasteiger partial charge on any atom is -0.324 e. The maximum atomic E-state index is 12.0. The summed E-state index contributed by atoms with van der Waals surface area (Å²) in [6.07, 6.45) is 0. The number of anilines is 1. The number of likely N-dealkylation sites (N-methyl/N-ethyl adjacent to an activating group) is 1. The van der Waals surface area contributed by atoms with Gasteiger partial charge in [0.15, 0.2) is 0 Å². The van der Waals surface area contributed by atoms with Gasteiger partial charge in [-0.15, -0.1) is 0 Å². The number of rotatable bonds is 3. The second kappa shape index (κ2) is 6.32. The number of carbonyl (C=O) groups is 1. The van der Waals surface area contributed by atoms with E-state index in [0.717, 1.165) is 26.2 Å². The van der Waals surface area contributed by atoms with E-state index in [1.807, 2.05) is 6.07 Å². The van der Waals surface area contributed by atoms with Crippen molar-refractivity contribution in [2.45, 2.75) is 0 Å². The molecule has 1 amide bonds. The first-order valence-corrected chi connectivity index (χ1v) is 6.39. The Bertz CT molecular complexity index is 486. The zero-order valence-electron chi connectivity index (χ0n) is 11.1. The van der Waals surface area contributed by atoms with E-state index >= 15 is 0 Å². The smallest absolute Gasteiger partial charge is 0.238 e. The molecule has 0 atom stereocenters. The topological polar surface area (TPSA) is 59.4 Å². The summed E-state index contributed by atoms with van der Waals surface area (Å²) in [5.41, 5.74) is 1.08. The summed E-state index contributed by atoms with van der Waals surface area (Å²) >= 11 is 0. The molecule has 1 fully saturated rings. The minimum absolute atomic E-state index is 0.0627. The molecule has 1 heterocycles. The molecule has 0 unspecified atom stereocenters. The van der Waals surface area contributed by atoms with Gasteiger partial charge in [-0.05, 0) is 19.2 Å². The Hall–Kier alpha value is -1.90. The second-order valence-electron chi connectivity index (χ2n) is 4.78. The second-order valence-corrected chi connectivity index (χ2v) is 4.78. The Kier molecular flexibility index (Phi) is 4.50. The lowest BCUT2D eigenvalue weighted by molar-refractivity contribution is -0.117. The van der Waals surface area contributed by atoms with Crippen LogP contribution in [0.2, 0.25) is 0 Å². The maximum Gasteiger partial charge on any atom is 0.238 e. The van der Waals surface area contributed by atoms with Gasteiger partial charge in [0, 0.05) is 26.2 Å². The van der Waals surface area contributed by atoms with E-state index < -0.39 is 0 Å². The van der Waals surface area contributed by atoms with E-state index in [4.69, 9.17) is 5.26 Å². The first kappa shape index (κ1) is 13.5. The van der Waals surface area contributed by atoms with Crippen LogP contribution in [0.1, 0.15) is 5.56 Å². The van der Waals surface area contributed by atoms with Crippen LogP contribution in [0.4, 0.5) is 5.69 Å². The third-order valence-corrected chi connectivity index (χ3v) is 3.28. The molecule has 0 bridgehead atoms. The third kappa shape index (κ3) is 3.78. The standard InChI is InChI=1S/C14H18N4O/c1-17-6-8-18(9-7-17)11-14(19)16-13-5-3-2-4-12(13)10-15/h2-5H,6-9,11H2,1H3,(H,16,19). The first-order chi connectivity index (χ1) is 9.19. The predicted octanol–water partition coefficient (Wildman–Crippen LogP) is 0.744. The summed E-state index contributed by atoms with van der Waals surface area (Å²) in [4.78, 5) is 16.3. The van der Waals surface area contributed by atoms with Crippen molar-refractivity contribution in [2.75, 3.05) is 45.1 Å². The number of benzene rings is 1. The zero-order chi connectivity index (χ0) is 13.7. The molecule has 100 valence electrons. The molecule has 1 aliphatic heterocycles. The zero-order valence-corrected chi connectivity index (χ0v) is 11.1. The number of carbonyl (C=O) groups excluding carboxylic acids is 1. The Morgan fingerprint density at radius 2 is 2.00 bits per heavy atom. The largest absolute Gasteiger partial charge is 0.324 e. The van der Waals surface area contributed by atoms with Crippen LogP contribution in [0.3, 0.4) is 0 Å². The van der Waals surface area contributed by atoms with Gasteiger partial charge in [0.05, 0.1) is 17.8 Å². The molecule has 0 aromatic heterocycles. The van der Waals surface area contributed by atoms with E-state index in [-0.39, 0.29) is 5.91 Å². The van der Waals surface area contributed by atoms with Crippen LogP contribution < -0.4 is 5.32 Å². The molecule has 19 heavy (non-hydrogen) atoms. The van der Waals surface area contributed by atoms with Gasteiger partial charge in [-0.25, -0.2) is 0 Å². The van der Waals surface area contributed by atoms with Gasteiger partial charge in [0.25, 0.3) is 0 Å². The van der Waals surface area contributed by atoms with Crippen molar-refractivity contribution in [1.82, 2.24) is 9.80 Å². The minimum atomic E-state index is -0.0627. The Morgan fingerprint density at radius 1 is 1.32 bits per heavy atom. The van der Waals surface area contributed by atoms with Crippen molar-refractivity contribution >= 4 is 11.6 Å². The first-order valence-electron chi connectivity index (χ1n) is 6.39. The lowest BCUT2D eigenvalue weighted by Gasteiger charge is -2.31. The molecule has 0 aliphatic carbocycles. The average Bonchev–Trinajstić information content (AvgIpc) is 2.42. The number of piperazine rings is 1. The lowest BCUT2D eigenvalue weighted by Crippen LogP contribution is -2.47. The van der Waals surface area contributed by atoms with Crippen molar-refractivity contribution in [2.24, 2.45) is 0 Å². The molecule has 0 saturated carbocycles. The molecule has 2 rings (SSSR count). The van der Waals surface area contributed by atoms with Crippen molar-refractivity contribution in [3.8, 4) is 6.07 Å². The number of para-hydroxylation sites is 1. The van der Waals surface area contributed by atoms with Crippen molar-refractivity contribution < 1.29 is 4.79 Å². The molecule has 0 spiro atoms. The van der Waals surface area contributed by atoms with Crippen LogP contribution in [0.5, 0.6) is 0 Å². The Morgan fingerprint density at radius 3 is 2.68 bits per heavy atom. The molecule has 1 saturated heterocycles. The van der Waals surface area contributed by atoms with Crippen molar-refractivity contribution in [3.05, 3.63) is 29.8 Å². The van der Waals surface area contributed by atoms with Gasteiger partial charge in [-0.2, -0.15) is 5.26 Å². The number of nitriles is 1. The molecule has 1 aromatic carbocycles. The molecule has 1 N–H and O–H groups in total. The normalized spacial score (nSPS) is 16.8. The summed E-state index contributed by atoms with van der Waals surface area (Å²) < 4.78 is 0. The summed E-state index contributed by atoms with van der Waals surface area (Å²) in [5, 5.41) is 11.8. The summed E-state index contributed by atoms with van der Waals surface area (Å²) in [6.45, 7) is 4.17. The Balaban J connectivity index is 1.89. The van der Waals surface area contributed by atoms with E-state index in [1.165, 1.54) is 0 Å². The highest BCUT2D eigenvalue weighted by Crippen LogP contribution is 2.13. The molecule has 1 aliphatic rings. The fourth-order valence-corrected chi connectivity index (χ4v) is 2.09. The lowest BCUT2D eigenvalue weighted by atomic mass is 10.2. The fourth-order valence-electron chi connectivity index (χ4n) is 2.09. The van der Waals surface area contributed by atoms with E-state index in [9.17, 15) is 4.79 Å². The van der Waals surface area contributed by atoms with Crippen molar-refractivity contribution in [1.29, 1.82) is 5.26 Å². The monoisotopic (exact) mass is 258 g/mol. The molecular formula is C14H18N4O. The Labute approximate surface area is 113 Å². The van der Waals surface area contributed by atoms with Crippen LogP contribution in [-0.2, 0) is 4.79 Å². The van der Waals surface area contributed by atoms with Gasteiger partial charge in [0.1, 0.15) is 6.07 Å². The SMILES string of the molecule is CN1CCN(CC(=O)Nc2ccccc2C#N)CC1. The van der Waals surface area contributed by atoms with E-state index in [0.29, 0.717) is 17.8 Å². The summed E-state index contributed by atoms with van der Waals surface area (Å²) in [5.74, 6) is -0.0627. The van der Waals surface area contributed by atoms with Gasteiger partial charge < -0.3 is 10.2 Å². The molecular weight excluding hydrogens is 240 g/mol. The summed E-state index contributed by atoms with van der Waals surface area (Å²) in [6, 6.07) is 9.12. The number of hydrogen-bond donors (Lipinski definition) is 1. The van der Waals surface area contributed by atoms with E-state index in [1.54, 1.807) is 18.2 Å². The third-order valence-electron chi connectivity index (χ3n) is 3.28. The van der Waals surface area contributed by atoms with Crippen molar-refractivity contribution in [3.63, 3.8) is 0 Å².